The molecule has 2 atom stereocenters. The molecule has 0 spiro atoms. The fourth-order valence-corrected chi connectivity index (χ4v) is 1.65. The Morgan fingerprint density at radius 2 is 2.19 bits per heavy atom. The smallest absolute Gasteiger partial charge is 0.416 e. The van der Waals surface area contributed by atoms with Crippen LogP contribution in [0.2, 0.25) is 0 Å². The van der Waals surface area contributed by atoms with E-state index >= 15 is 0 Å². The minimum atomic E-state index is -4.46. The lowest BCUT2D eigenvalue weighted by atomic mass is 9.89. The van der Waals surface area contributed by atoms with Gasteiger partial charge < -0.3 is 10.5 Å². The lowest BCUT2D eigenvalue weighted by Crippen LogP contribution is -2.32. The van der Waals surface area contributed by atoms with Gasteiger partial charge in [-0.05, 0) is 0 Å². The Balaban J connectivity index is 2.31. The molecule has 0 radical (unpaired) electrons. The topological polar surface area (TPSA) is 61.7 Å². The molecule has 7 heteroatoms. The van der Waals surface area contributed by atoms with E-state index in [1.807, 2.05) is 0 Å². The number of hydrazone groups is 1. The van der Waals surface area contributed by atoms with Crippen molar-refractivity contribution in [3.63, 3.8) is 0 Å². The van der Waals surface area contributed by atoms with Crippen molar-refractivity contribution in [3.05, 3.63) is 23.8 Å². The van der Waals surface area contributed by atoms with Crippen LogP contribution in [0, 0.1) is 5.92 Å². The molecule has 0 aromatic heterocycles. The molecule has 1 heterocycles. The van der Waals surface area contributed by atoms with E-state index in [4.69, 9.17) is 5.11 Å². The maximum atomic E-state index is 12.4. The van der Waals surface area contributed by atoms with Crippen molar-refractivity contribution in [2.24, 2.45) is 11.0 Å². The second kappa shape index (κ2) is 3.36. The number of hydrogen-bond acceptors (Lipinski definition) is 3. The van der Waals surface area contributed by atoms with Crippen molar-refractivity contribution in [1.82, 2.24) is 5.43 Å². The van der Waals surface area contributed by atoms with Crippen LogP contribution in [0.25, 0.3) is 0 Å². The highest BCUT2D eigenvalue weighted by Gasteiger charge is 2.40. The number of carboxylic acids is 1. The van der Waals surface area contributed by atoms with Crippen LogP contribution in [-0.4, -0.2) is 29.0 Å². The quantitative estimate of drug-likeness (QED) is 0.711. The number of allylic oxidation sites excluding steroid dienone is 2. The molecule has 4 nitrogen and oxygen atoms in total. The summed E-state index contributed by atoms with van der Waals surface area (Å²) in [6.45, 7) is 0. The summed E-state index contributed by atoms with van der Waals surface area (Å²) in [6.07, 6.45) is -1.38. The summed E-state index contributed by atoms with van der Waals surface area (Å²) in [6, 6.07) is -0.503. The molecule has 0 aromatic carbocycles. The molecule has 0 saturated heterocycles. The highest BCUT2D eigenvalue weighted by Crippen LogP contribution is 2.33. The summed E-state index contributed by atoms with van der Waals surface area (Å²) in [7, 11) is 0. The van der Waals surface area contributed by atoms with Gasteiger partial charge in [0.25, 0.3) is 0 Å². The molecular weight excluding hydrogens is 225 g/mol. The fourth-order valence-electron chi connectivity index (χ4n) is 1.65. The number of alkyl halides is 3. The van der Waals surface area contributed by atoms with Crippen LogP contribution in [0.1, 0.15) is 0 Å². The minimum absolute atomic E-state index is 0.295. The Kier molecular flexibility index (Phi) is 2.25. The molecule has 0 saturated carbocycles. The zero-order valence-corrected chi connectivity index (χ0v) is 7.82. The largest absolute Gasteiger partial charge is 0.477 e. The average Bonchev–Trinajstić information content (AvgIpc) is 2.58. The van der Waals surface area contributed by atoms with Gasteiger partial charge in [0.2, 0.25) is 0 Å². The van der Waals surface area contributed by atoms with E-state index in [1.54, 1.807) is 0 Å². The Morgan fingerprint density at radius 1 is 1.50 bits per heavy atom. The van der Waals surface area contributed by atoms with Crippen molar-refractivity contribution >= 4 is 11.7 Å². The van der Waals surface area contributed by atoms with Gasteiger partial charge in [0, 0.05) is 0 Å². The molecule has 2 N–H and O–H groups in total. The zero-order valence-electron chi connectivity index (χ0n) is 7.82. The summed E-state index contributed by atoms with van der Waals surface area (Å²) >= 11 is 0. The van der Waals surface area contributed by atoms with Crippen LogP contribution < -0.4 is 5.43 Å². The van der Waals surface area contributed by atoms with Crippen LogP contribution >= 0.6 is 0 Å². The summed E-state index contributed by atoms with van der Waals surface area (Å²) < 4.78 is 37.2. The summed E-state index contributed by atoms with van der Waals surface area (Å²) in [5, 5.41) is 12.2. The fraction of sp³-hybridized carbons (Fsp3) is 0.333. The molecule has 1 aliphatic heterocycles. The van der Waals surface area contributed by atoms with Crippen molar-refractivity contribution < 1.29 is 23.1 Å². The number of hydrogen-bond donors (Lipinski definition) is 2. The van der Waals surface area contributed by atoms with E-state index in [0.29, 0.717) is 0 Å². The highest BCUT2D eigenvalue weighted by atomic mass is 19.4. The molecule has 0 bridgehead atoms. The highest BCUT2D eigenvalue weighted by molar-refractivity contribution is 6.37. The maximum Gasteiger partial charge on any atom is 0.416 e. The molecule has 0 fully saturated rings. The second-order valence-corrected chi connectivity index (χ2v) is 3.46. The van der Waals surface area contributed by atoms with Gasteiger partial charge in [0.1, 0.15) is 0 Å². The lowest BCUT2D eigenvalue weighted by molar-refractivity contribution is -0.129. The predicted molar refractivity (Wildman–Crippen MR) is 48.8 cm³/mol. The maximum absolute atomic E-state index is 12.4. The number of aliphatic carboxylic acids is 1. The van der Waals surface area contributed by atoms with E-state index in [0.717, 1.165) is 12.2 Å². The first kappa shape index (κ1) is 10.7. The van der Waals surface area contributed by atoms with Crippen LogP contribution in [0.4, 0.5) is 13.2 Å². The predicted octanol–water partition coefficient (Wildman–Crippen LogP) is 1.07. The van der Waals surface area contributed by atoms with Gasteiger partial charge in [0.15, 0.2) is 5.71 Å². The van der Waals surface area contributed by atoms with Crippen LogP contribution in [0.15, 0.2) is 28.9 Å². The third-order valence-electron chi connectivity index (χ3n) is 2.43. The number of rotatable bonds is 1. The van der Waals surface area contributed by atoms with Crippen LogP contribution in [-0.2, 0) is 4.79 Å². The number of fused-ring (bicyclic) bond motifs is 1. The summed E-state index contributed by atoms with van der Waals surface area (Å²) in [4.78, 5) is 10.7. The minimum Gasteiger partial charge on any atom is -0.477 e. The number of nitrogens with zero attached hydrogens (tertiary/aromatic N) is 1. The van der Waals surface area contributed by atoms with Gasteiger partial charge in [0.05, 0.1) is 17.5 Å². The van der Waals surface area contributed by atoms with Gasteiger partial charge in [-0.1, -0.05) is 18.2 Å². The van der Waals surface area contributed by atoms with Crippen LogP contribution in [0.3, 0.4) is 0 Å². The van der Waals surface area contributed by atoms with Gasteiger partial charge in [-0.15, -0.1) is 0 Å². The molecule has 0 amide bonds. The normalized spacial score (nSPS) is 27.9. The molecule has 86 valence electrons. The third kappa shape index (κ3) is 1.68. The lowest BCUT2D eigenvalue weighted by Gasteiger charge is -2.19. The van der Waals surface area contributed by atoms with E-state index in [-0.39, 0.29) is 5.71 Å². The third-order valence-corrected chi connectivity index (χ3v) is 2.43. The molecular formula is C9H7F3N2O2. The molecule has 1 aliphatic carbocycles. The van der Waals surface area contributed by atoms with Crippen molar-refractivity contribution in [2.45, 2.75) is 12.2 Å². The van der Waals surface area contributed by atoms with Gasteiger partial charge in [-0.25, -0.2) is 4.79 Å². The van der Waals surface area contributed by atoms with Gasteiger partial charge in [-0.3, -0.25) is 0 Å². The standard InChI is InChI=1S/C9H7F3N2O2/c10-9(11,12)4-1-2-6-5(3-4)7(8(15)16)14-13-6/h1-3,5-6,13H,(H,15,16). The van der Waals surface area contributed by atoms with E-state index < -0.39 is 29.7 Å². The van der Waals surface area contributed by atoms with E-state index in [9.17, 15) is 18.0 Å². The second-order valence-electron chi connectivity index (χ2n) is 3.46. The van der Waals surface area contributed by atoms with E-state index in [2.05, 4.69) is 10.5 Å². The van der Waals surface area contributed by atoms with Crippen LogP contribution in [0.5, 0.6) is 0 Å². The molecule has 2 aliphatic rings. The monoisotopic (exact) mass is 232 g/mol. The van der Waals surface area contributed by atoms with Crippen molar-refractivity contribution in [3.8, 4) is 0 Å². The zero-order chi connectivity index (χ0) is 11.9. The Morgan fingerprint density at radius 3 is 2.75 bits per heavy atom. The first-order valence-electron chi connectivity index (χ1n) is 4.43. The number of nitrogens with one attached hydrogen (secondary N) is 1. The molecule has 0 aromatic rings. The SMILES string of the molecule is O=C(O)C1=NNC2C=CC(C(F)(F)F)=CC12. The molecule has 16 heavy (non-hydrogen) atoms. The Bertz CT molecular complexity index is 423. The van der Waals surface area contributed by atoms with Crippen molar-refractivity contribution in [2.75, 3.05) is 0 Å². The summed E-state index contributed by atoms with van der Waals surface area (Å²) in [5.41, 5.74) is 1.33. The van der Waals surface area contributed by atoms with Crippen molar-refractivity contribution in [1.29, 1.82) is 0 Å². The Hall–Kier alpha value is -1.79. The molecule has 2 rings (SSSR count). The first-order valence-corrected chi connectivity index (χ1v) is 4.43. The average molecular weight is 232 g/mol. The van der Waals surface area contributed by atoms with E-state index in [1.165, 1.54) is 6.08 Å². The first-order chi connectivity index (χ1) is 7.39. The number of carboxylic acid groups (broad SMARTS) is 1. The number of halogens is 3. The summed E-state index contributed by atoms with van der Waals surface area (Å²) in [5.74, 6) is -2.17. The number of carbonyl (C=O) groups is 1. The molecule has 2 unspecified atom stereocenters. The Labute approximate surface area is 88.1 Å². The van der Waals surface area contributed by atoms with Gasteiger partial charge >= 0.3 is 12.1 Å². The van der Waals surface area contributed by atoms with Gasteiger partial charge in [-0.2, -0.15) is 18.3 Å².